The molecule has 1 amide bonds. The fourth-order valence-electron chi connectivity index (χ4n) is 3.55. The van der Waals surface area contributed by atoms with Crippen LogP contribution in [0.1, 0.15) is 30.7 Å². The van der Waals surface area contributed by atoms with Crippen molar-refractivity contribution in [1.29, 1.82) is 0 Å². The fraction of sp³-hybridized carbons (Fsp3) is 0.556. The second kappa shape index (κ2) is 7.94. The van der Waals surface area contributed by atoms with Crippen molar-refractivity contribution in [2.75, 3.05) is 19.8 Å². The van der Waals surface area contributed by atoms with Gasteiger partial charge in [0.25, 0.3) is 0 Å². The molecular weight excluding hydrogens is 365 g/mol. The lowest BCUT2D eigenvalue weighted by Gasteiger charge is -2.27. The highest BCUT2D eigenvalue weighted by Gasteiger charge is 2.45. The van der Waals surface area contributed by atoms with E-state index in [0.717, 1.165) is 18.4 Å². The summed E-state index contributed by atoms with van der Waals surface area (Å²) >= 11 is 12.2. The van der Waals surface area contributed by atoms with Crippen molar-refractivity contribution in [3.63, 3.8) is 0 Å². The van der Waals surface area contributed by atoms with E-state index in [1.165, 1.54) is 0 Å². The highest BCUT2D eigenvalue weighted by atomic mass is 35.5. The lowest BCUT2D eigenvalue weighted by Crippen LogP contribution is -2.39. The zero-order chi connectivity index (χ0) is 18.0. The van der Waals surface area contributed by atoms with E-state index in [9.17, 15) is 14.7 Å². The molecule has 2 N–H and O–H groups in total. The molecule has 0 bridgehead atoms. The average molecular weight is 386 g/mol. The van der Waals surface area contributed by atoms with Gasteiger partial charge in [-0.05, 0) is 42.7 Å². The molecule has 0 spiro atoms. The van der Waals surface area contributed by atoms with E-state index in [0.29, 0.717) is 29.7 Å². The standard InChI is InChI=1S/C18H21Cl2NO4/c19-15-3-1-2-11(16(15)20)12-8-13(12)17(22)21-9-14(18(23)24)10-4-6-25-7-5-10/h1-3,10,12-14H,4-9H2,(H,21,22)(H,23,24). The van der Waals surface area contributed by atoms with E-state index in [1.807, 2.05) is 12.1 Å². The zero-order valence-corrected chi connectivity index (χ0v) is 15.2. The van der Waals surface area contributed by atoms with Crippen LogP contribution in [-0.2, 0) is 14.3 Å². The number of carbonyl (C=O) groups is 2. The molecule has 2 fully saturated rings. The molecule has 136 valence electrons. The Morgan fingerprint density at radius 3 is 2.68 bits per heavy atom. The van der Waals surface area contributed by atoms with Crippen LogP contribution < -0.4 is 5.32 Å². The first kappa shape index (κ1) is 18.5. The number of aliphatic carboxylic acids is 1. The van der Waals surface area contributed by atoms with Crippen molar-refractivity contribution in [3.05, 3.63) is 33.8 Å². The van der Waals surface area contributed by atoms with Crippen LogP contribution in [-0.4, -0.2) is 36.7 Å². The third-order valence-electron chi connectivity index (χ3n) is 5.16. The van der Waals surface area contributed by atoms with Gasteiger partial charge in [-0.15, -0.1) is 0 Å². The molecular formula is C18H21Cl2NO4. The Kier molecular flexibility index (Phi) is 5.87. The van der Waals surface area contributed by atoms with Gasteiger partial charge in [-0.2, -0.15) is 0 Å². The van der Waals surface area contributed by atoms with E-state index in [4.69, 9.17) is 27.9 Å². The number of carboxylic acids is 1. The topological polar surface area (TPSA) is 75.6 Å². The number of hydrogen-bond acceptors (Lipinski definition) is 3. The van der Waals surface area contributed by atoms with Crippen LogP contribution in [0.3, 0.4) is 0 Å². The molecule has 25 heavy (non-hydrogen) atoms. The maximum absolute atomic E-state index is 12.4. The van der Waals surface area contributed by atoms with Gasteiger partial charge in [0, 0.05) is 25.7 Å². The van der Waals surface area contributed by atoms with Gasteiger partial charge in [-0.1, -0.05) is 35.3 Å². The van der Waals surface area contributed by atoms with Crippen molar-refractivity contribution in [3.8, 4) is 0 Å². The first-order valence-electron chi connectivity index (χ1n) is 8.51. The summed E-state index contributed by atoms with van der Waals surface area (Å²) in [4.78, 5) is 23.9. The largest absolute Gasteiger partial charge is 0.481 e. The Hall–Kier alpha value is -1.30. The first-order chi connectivity index (χ1) is 12.0. The first-order valence-corrected chi connectivity index (χ1v) is 9.26. The lowest BCUT2D eigenvalue weighted by molar-refractivity contribution is -0.145. The van der Waals surface area contributed by atoms with Gasteiger partial charge in [0.2, 0.25) is 5.91 Å². The fourth-order valence-corrected chi connectivity index (χ4v) is 4.00. The molecule has 1 aliphatic carbocycles. The van der Waals surface area contributed by atoms with Crippen molar-refractivity contribution in [2.45, 2.75) is 25.2 Å². The molecule has 1 saturated carbocycles. The van der Waals surface area contributed by atoms with Gasteiger partial charge in [0.15, 0.2) is 0 Å². The van der Waals surface area contributed by atoms with Crippen LogP contribution in [0.15, 0.2) is 18.2 Å². The number of carboxylic acid groups (broad SMARTS) is 1. The zero-order valence-electron chi connectivity index (χ0n) is 13.7. The Morgan fingerprint density at radius 2 is 2.00 bits per heavy atom. The summed E-state index contributed by atoms with van der Waals surface area (Å²) in [5.41, 5.74) is 0.883. The highest BCUT2D eigenvalue weighted by molar-refractivity contribution is 6.42. The third kappa shape index (κ3) is 4.27. The maximum atomic E-state index is 12.4. The highest BCUT2D eigenvalue weighted by Crippen LogP contribution is 2.50. The van der Waals surface area contributed by atoms with Crippen LogP contribution in [0, 0.1) is 17.8 Å². The van der Waals surface area contributed by atoms with Crippen LogP contribution in [0.2, 0.25) is 10.0 Å². The van der Waals surface area contributed by atoms with Gasteiger partial charge in [0.05, 0.1) is 16.0 Å². The van der Waals surface area contributed by atoms with Crippen LogP contribution in [0.5, 0.6) is 0 Å². The van der Waals surface area contributed by atoms with Crippen molar-refractivity contribution in [1.82, 2.24) is 5.32 Å². The Morgan fingerprint density at radius 1 is 1.28 bits per heavy atom. The number of amides is 1. The number of nitrogens with one attached hydrogen (secondary N) is 1. The summed E-state index contributed by atoms with van der Waals surface area (Å²) in [5, 5.41) is 13.3. The summed E-state index contributed by atoms with van der Waals surface area (Å²) in [5.74, 6) is -1.61. The van der Waals surface area contributed by atoms with Gasteiger partial charge < -0.3 is 15.2 Å². The van der Waals surface area contributed by atoms with E-state index >= 15 is 0 Å². The number of hydrogen-bond donors (Lipinski definition) is 2. The van der Waals surface area contributed by atoms with E-state index in [1.54, 1.807) is 6.07 Å². The van der Waals surface area contributed by atoms with Crippen LogP contribution in [0.4, 0.5) is 0 Å². The Labute approximate surface area is 156 Å². The minimum atomic E-state index is -0.863. The molecule has 1 heterocycles. The lowest BCUT2D eigenvalue weighted by atomic mass is 9.86. The summed E-state index contributed by atoms with van der Waals surface area (Å²) in [7, 11) is 0. The molecule has 1 aromatic carbocycles. The third-order valence-corrected chi connectivity index (χ3v) is 5.99. The van der Waals surface area contributed by atoms with Crippen molar-refractivity contribution in [2.24, 2.45) is 17.8 Å². The summed E-state index contributed by atoms with van der Waals surface area (Å²) in [6.45, 7) is 1.33. The summed E-state index contributed by atoms with van der Waals surface area (Å²) < 4.78 is 5.28. The van der Waals surface area contributed by atoms with Crippen LogP contribution >= 0.6 is 23.2 Å². The van der Waals surface area contributed by atoms with E-state index in [2.05, 4.69) is 5.32 Å². The SMILES string of the molecule is O=C(O)C(CNC(=O)C1CC1c1cccc(Cl)c1Cl)C1CCOCC1. The molecule has 5 nitrogen and oxygen atoms in total. The molecule has 3 unspecified atom stereocenters. The number of carbonyl (C=O) groups excluding carboxylic acids is 1. The Bertz CT molecular complexity index is 660. The average Bonchev–Trinajstić information content (AvgIpc) is 3.38. The normalized spacial score (nSPS) is 24.6. The minimum Gasteiger partial charge on any atom is -0.481 e. The summed E-state index contributed by atoms with van der Waals surface area (Å²) in [6, 6.07) is 5.42. The molecule has 1 aliphatic heterocycles. The molecule has 2 aliphatic rings. The monoisotopic (exact) mass is 385 g/mol. The number of rotatable bonds is 6. The van der Waals surface area contributed by atoms with E-state index in [-0.39, 0.29) is 30.2 Å². The van der Waals surface area contributed by atoms with Gasteiger partial charge in [-0.25, -0.2) is 0 Å². The molecule has 3 atom stereocenters. The van der Waals surface area contributed by atoms with Gasteiger partial charge in [-0.3, -0.25) is 9.59 Å². The molecule has 1 saturated heterocycles. The quantitative estimate of drug-likeness (QED) is 0.787. The minimum absolute atomic E-state index is 0.0453. The van der Waals surface area contributed by atoms with E-state index < -0.39 is 11.9 Å². The smallest absolute Gasteiger partial charge is 0.308 e. The van der Waals surface area contributed by atoms with Gasteiger partial charge in [0.1, 0.15) is 0 Å². The van der Waals surface area contributed by atoms with Gasteiger partial charge >= 0.3 is 5.97 Å². The molecule has 3 rings (SSSR count). The molecule has 0 aromatic heterocycles. The molecule has 7 heteroatoms. The Balaban J connectivity index is 1.56. The summed E-state index contributed by atoms with van der Waals surface area (Å²) in [6.07, 6.45) is 2.15. The van der Waals surface area contributed by atoms with Crippen molar-refractivity contribution < 1.29 is 19.4 Å². The second-order valence-corrected chi connectivity index (χ2v) is 7.52. The number of benzene rings is 1. The number of halogens is 2. The maximum Gasteiger partial charge on any atom is 0.308 e. The second-order valence-electron chi connectivity index (χ2n) is 6.73. The molecule has 0 radical (unpaired) electrons. The predicted molar refractivity (Wildman–Crippen MR) is 95.0 cm³/mol. The number of ether oxygens (including phenoxy) is 1. The van der Waals surface area contributed by atoms with Crippen molar-refractivity contribution >= 4 is 35.1 Å². The van der Waals surface area contributed by atoms with Crippen LogP contribution in [0.25, 0.3) is 0 Å². The molecule has 1 aromatic rings. The predicted octanol–water partition coefficient (Wildman–Crippen LogP) is 3.34.